The molecule has 16 heavy (non-hydrogen) atoms. The molecule has 1 aromatic rings. The molecule has 0 bridgehead atoms. The fourth-order valence-corrected chi connectivity index (χ4v) is 1.15. The molecule has 1 rings (SSSR count). The number of halogens is 3. The molecule has 0 aliphatic carbocycles. The van der Waals surface area contributed by atoms with Crippen molar-refractivity contribution >= 4 is 0 Å². The van der Waals surface area contributed by atoms with Crippen molar-refractivity contribution < 1.29 is 22.6 Å². The van der Waals surface area contributed by atoms with Gasteiger partial charge in [-0.1, -0.05) is 12.1 Å². The van der Waals surface area contributed by atoms with Crippen molar-refractivity contribution in [1.82, 2.24) is 0 Å². The van der Waals surface area contributed by atoms with Gasteiger partial charge in [-0.15, -0.1) is 13.2 Å². The van der Waals surface area contributed by atoms with Gasteiger partial charge in [0.2, 0.25) is 0 Å². The van der Waals surface area contributed by atoms with Crippen LogP contribution in [0.5, 0.6) is 5.75 Å². The van der Waals surface area contributed by atoms with Crippen LogP contribution >= 0.6 is 0 Å². The van der Waals surface area contributed by atoms with Crippen LogP contribution in [0.1, 0.15) is 5.56 Å². The summed E-state index contributed by atoms with van der Waals surface area (Å²) in [5.41, 5.74) is 0.892. The minimum atomic E-state index is -4.64. The zero-order chi connectivity index (χ0) is 12.0. The molecule has 0 heterocycles. The summed E-state index contributed by atoms with van der Waals surface area (Å²) in [5.74, 6) is -0.214. The van der Waals surface area contributed by atoms with Crippen molar-refractivity contribution in [3.05, 3.63) is 36.8 Å². The highest BCUT2D eigenvalue weighted by atomic mass is 19.4. The maximum atomic E-state index is 11.8. The Kier molecular flexibility index (Phi) is 4.61. The SMILES string of the molecule is [CH2]COCCc1ccc(OC(F)(F)F)cc1. The monoisotopic (exact) mass is 233 g/mol. The minimum absolute atomic E-state index is 0.214. The van der Waals surface area contributed by atoms with E-state index in [1.54, 1.807) is 12.1 Å². The van der Waals surface area contributed by atoms with Gasteiger partial charge in [0.15, 0.2) is 0 Å². The molecular formula is C11H12F3O2. The van der Waals surface area contributed by atoms with E-state index in [1.165, 1.54) is 12.1 Å². The molecule has 0 spiro atoms. The third kappa shape index (κ3) is 5.02. The van der Waals surface area contributed by atoms with Crippen LogP contribution in [0, 0.1) is 6.92 Å². The Morgan fingerprint density at radius 1 is 1.12 bits per heavy atom. The van der Waals surface area contributed by atoms with Gasteiger partial charge < -0.3 is 9.47 Å². The van der Waals surface area contributed by atoms with Gasteiger partial charge in [0, 0.05) is 6.61 Å². The van der Waals surface area contributed by atoms with Gasteiger partial charge in [-0.05, 0) is 31.0 Å². The lowest BCUT2D eigenvalue weighted by Crippen LogP contribution is -2.17. The highest BCUT2D eigenvalue weighted by Gasteiger charge is 2.30. The lowest BCUT2D eigenvalue weighted by atomic mass is 10.1. The molecular weight excluding hydrogens is 221 g/mol. The second-order valence-electron chi connectivity index (χ2n) is 3.05. The number of rotatable bonds is 5. The van der Waals surface area contributed by atoms with Crippen LogP contribution in [-0.2, 0) is 11.2 Å². The number of hydrogen-bond donors (Lipinski definition) is 0. The second-order valence-corrected chi connectivity index (χ2v) is 3.05. The smallest absolute Gasteiger partial charge is 0.406 e. The Hall–Kier alpha value is -1.23. The molecule has 89 valence electrons. The first-order valence-electron chi connectivity index (χ1n) is 4.73. The van der Waals surface area contributed by atoms with E-state index in [0.29, 0.717) is 19.6 Å². The van der Waals surface area contributed by atoms with Gasteiger partial charge >= 0.3 is 6.36 Å². The predicted octanol–water partition coefficient (Wildman–Crippen LogP) is 2.98. The van der Waals surface area contributed by atoms with Crippen LogP contribution in [0.3, 0.4) is 0 Å². The summed E-state index contributed by atoms with van der Waals surface area (Å²) in [5, 5.41) is 0. The van der Waals surface area contributed by atoms with E-state index in [9.17, 15) is 13.2 Å². The molecule has 0 fully saturated rings. The van der Waals surface area contributed by atoms with E-state index in [0.717, 1.165) is 5.56 Å². The number of ether oxygens (including phenoxy) is 2. The Morgan fingerprint density at radius 2 is 1.75 bits per heavy atom. The van der Waals surface area contributed by atoms with Crippen LogP contribution < -0.4 is 4.74 Å². The number of benzene rings is 1. The van der Waals surface area contributed by atoms with E-state index in [4.69, 9.17) is 4.74 Å². The molecule has 2 nitrogen and oxygen atoms in total. The third-order valence-electron chi connectivity index (χ3n) is 1.84. The second kappa shape index (κ2) is 5.75. The molecule has 0 saturated heterocycles. The quantitative estimate of drug-likeness (QED) is 0.728. The molecule has 0 atom stereocenters. The summed E-state index contributed by atoms with van der Waals surface area (Å²) in [6.07, 6.45) is -4.00. The summed E-state index contributed by atoms with van der Waals surface area (Å²) in [6.45, 7) is 4.39. The first-order chi connectivity index (χ1) is 7.51. The normalized spacial score (nSPS) is 11.5. The van der Waals surface area contributed by atoms with Gasteiger partial charge in [0.05, 0.1) is 6.61 Å². The summed E-state index contributed by atoms with van der Waals surface area (Å²) in [7, 11) is 0. The van der Waals surface area contributed by atoms with Gasteiger partial charge in [-0.2, -0.15) is 0 Å². The van der Waals surface area contributed by atoms with Crippen LogP contribution in [0.2, 0.25) is 0 Å². The Bertz CT molecular complexity index is 306. The standard InChI is InChI=1S/C11H12F3O2/c1-2-15-8-7-9-3-5-10(6-4-9)16-11(12,13)14/h3-6H,1-2,7-8H2. The topological polar surface area (TPSA) is 18.5 Å². The van der Waals surface area contributed by atoms with Crippen molar-refractivity contribution in [3.63, 3.8) is 0 Å². The minimum Gasteiger partial charge on any atom is -0.406 e. The van der Waals surface area contributed by atoms with Crippen LogP contribution in [0.4, 0.5) is 13.2 Å². The van der Waals surface area contributed by atoms with Crippen molar-refractivity contribution in [2.24, 2.45) is 0 Å². The van der Waals surface area contributed by atoms with E-state index >= 15 is 0 Å². The first-order valence-corrected chi connectivity index (χ1v) is 4.73. The molecule has 0 aliphatic heterocycles. The van der Waals surface area contributed by atoms with E-state index in [-0.39, 0.29) is 5.75 Å². The molecule has 1 radical (unpaired) electrons. The number of hydrogen-bond acceptors (Lipinski definition) is 2. The third-order valence-corrected chi connectivity index (χ3v) is 1.84. The molecule has 0 unspecified atom stereocenters. The molecule has 0 aromatic heterocycles. The predicted molar refractivity (Wildman–Crippen MR) is 53.0 cm³/mol. The molecule has 5 heteroatoms. The zero-order valence-corrected chi connectivity index (χ0v) is 8.59. The molecule has 0 N–H and O–H groups in total. The van der Waals surface area contributed by atoms with Gasteiger partial charge in [-0.25, -0.2) is 0 Å². The van der Waals surface area contributed by atoms with Crippen LogP contribution in [0.15, 0.2) is 24.3 Å². The maximum Gasteiger partial charge on any atom is 0.573 e. The van der Waals surface area contributed by atoms with Crippen molar-refractivity contribution in [3.8, 4) is 5.75 Å². The average molecular weight is 233 g/mol. The van der Waals surface area contributed by atoms with Crippen LogP contribution in [0.25, 0.3) is 0 Å². The van der Waals surface area contributed by atoms with Crippen LogP contribution in [-0.4, -0.2) is 19.6 Å². The zero-order valence-electron chi connectivity index (χ0n) is 8.59. The highest BCUT2D eigenvalue weighted by molar-refractivity contribution is 5.27. The van der Waals surface area contributed by atoms with Gasteiger partial charge in [-0.3, -0.25) is 0 Å². The van der Waals surface area contributed by atoms with Crippen molar-refractivity contribution in [1.29, 1.82) is 0 Å². The number of alkyl halides is 3. The average Bonchev–Trinajstić information content (AvgIpc) is 2.19. The van der Waals surface area contributed by atoms with E-state index < -0.39 is 6.36 Å². The fraction of sp³-hybridized carbons (Fsp3) is 0.364. The molecule has 0 amide bonds. The van der Waals surface area contributed by atoms with Gasteiger partial charge in [0.1, 0.15) is 5.75 Å². The summed E-state index contributed by atoms with van der Waals surface area (Å²) < 4.78 is 44.3. The summed E-state index contributed by atoms with van der Waals surface area (Å²) in [4.78, 5) is 0. The Labute approximate surface area is 92.0 Å². The fourth-order valence-electron chi connectivity index (χ4n) is 1.15. The van der Waals surface area contributed by atoms with E-state index in [2.05, 4.69) is 11.7 Å². The Morgan fingerprint density at radius 3 is 2.25 bits per heavy atom. The first kappa shape index (κ1) is 12.8. The summed E-state index contributed by atoms with van der Waals surface area (Å²) >= 11 is 0. The highest BCUT2D eigenvalue weighted by Crippen LogP contribution is 2.22. The van der Waals surface area contributed by atoms with Crippen molar-refractivity contribution in [2.75, 3.05) is 13.2 Å². The molecule has 1 aromatic carbocycles. The van der Waals surface area contributed by atoms with Gasteiger partial charge in [0.25, 0.3) is 0 Å². The van der Waals surface area contributed by atoms with Crippen molar-refractivity contribution in [2.45, 2.75) is 12.8 Å². The lowest BCUT2D eigenvalue weighted by Gasteiger charge is -2.09. The largest absolute Gasteiger partial charge is 0.573 e. The maximum absolute atomic E-state index is 11.8. The molecule has 0 aliphatic rings. The lowest BCUT2D eigenvalue weighted by molar-refractivity contribution is -0.274. The Balaban J connectivity index is 2.48. The molecule has 0 saturated carbocycles. The summed E-state index contributed by atoms with van der Waals surface area (Å²) in [6, 6.07) is 5.72. The van der Waals surface area contributed by atoms with E-state index in [1.807, 2.05) is 0 Å².